The molecule has 0 saturated carbocycles. The molecule has 4 nitrogen and oxygen atoms in total. The van der Waals surface area contributed by atoms with Crippen LogP contribution in [-0.2, 0) is 14.3 Å². The number of hydrogen-bond donors (Lipinski definition) is 0. The molecule has 0 aromatic rings. The summed E-state index contributed by atoms with van der Waals surface area (Å²) in [5, 5.41) is 0. The molecule has 1 rings (SSSR count). The van der Waals surface area contributed by atoms with Gasteiger partial charge in [-0.3, -0.25) is 9.69 Å². The first-order valence-corrected chi connectivity index (χ1v) is 6.24. The van der Waals surface area contributed by atoms with Gasteiger partial charge in [-0.2, -0.15) is 0 Å². The summed E-state index contributed by atoms with van der Waals surface area (Å²) in [6, 6.07) is 0.247. The maximum Gasteiger partial charge on any atom is 0.323 e. The molecule has 0 spiro atoms. The van der Waals surface area contributed by atoms with Crippen molar-refractivity contribution in [2.24, 2.45) is 0 Å². The van der Waals surface area contributed by atoms with Gasteiger partial charge in [-0.15, -0.1) is 0 Å². The molecule has 1 aliphatic heterocycles. The Morgan fingerprint density at radius 3 is 2.81 bits per heavy atom. The van der Waals surface area contributed by atoms with Crippen LogP contribution in [0.3, 0.4) is 0 Å². The van der Waals surface area contributed by atoms with Crippen molar-refractivity contribution in [3.05, 3.63) is 0 Å². The third-order valence-corrected chi connectivity index (χ3v) is 3.09. The Hall–Kier alpha value is -0.610. The number of rotatable bonds is 5. The molecular weight excluding hydrogens is 206 g/mol. The summed E-state index contributed by atoms with van der Waals surface area (Å²) in [5.41, 5.74) is 0. The summed E-state index contributed by atoms with van der Waals surface area (Å²) in [5.74, 6) is -0.0923. The van der Waals surface area contributed by atoms with Crippen molar-refractivity contribution in [2.45, 2.75) is 45.7 Å². The molecule has 1 aliphatic rings. The fraction of sp³-hybridized carbons (Fsp3) is 0.917. The van der Waals surface area contributed by atoms with Gasteiger partial charge in [0, 0.05) is 12.6 Å². The average molecular weight is 229 g/mol. The van der Waals surface area contributed by atoms with Crippen LogP contribution >= 0.6 is 0 Å². The lowest BCUT2D eigenvalue weighted by atomic mass is 10.1. The van der Waals surface area contributed by atoms with Crippen LogP contribution in [0.1, 0.15) is 33.6 Å². The summed E-state index contributed by atoms with van der Waals surface area (Å²) >= 11 is 0. The molecule has 0 N–H and O–H groups in total. The second-order valence-electron chi connectivity index (χ2n) is 4.05. The van der Waals surface area contributed by atoms with E-state index in [1.165, 1.54) is 0 Å². The molecule has 1 heterocycles. The number of morpholine rings is 1. The Labute approximate surface area is 97.9 Å². The molecule has 16 heavy (non-hydrogen) atoms. The Morgan fingerprint density at radius 2 is 2.25 bits per heavy atom. The summed E-state index contributed by atoms with van der Waals surface area (Å²) in [4.78, 5) is 14.1. The van der Waals surface area contributed by atoms with Crippen LogP contribution in [0.25, 0.3) is 0 Å². The minimum Gasteiger partial charge on any atom is -0.465 e. The van der Waals surface area contributed by atoms with E-state index in [9.17, 15) is 4.79 Å². The van der Waals surface area contributed by atoms with E-state index in [-0.39, 0.29) is 12.0 Å². The van der Waals surface area contributed by atoms with Crippen molar-refractivity contribution < 1.29 is 14.3 Å². The van der Waals surface area contributed by atoms with E-state index >= 15 is 0 Å². The molecule has 4 heteroatoms. The zero-order chi connectivity index (χ0) is 12.0. The van der Waals surface area contributed by atoms with Crippen LogP contribution < -0.4 is 0 Å². The predicted molar refractivity (Wildman–Crippen MR) is 62.3 cm³/mol. The van der Waals surface area contributed by atoms with E-state index < -0.39 is 0 Å². The smallest absolute Gasteiger partial charge is 0.323 e. The van der Waals surface area contributed by atoms with Crippen LogP contribution in [0.15, 0.2) is 0 Å². The van der Waals surface area contributed by atoms with Crippen molar-refractivity contribution in [2.75, 3.05) is 26.4 Å². The van der Waals surface area contributed by atoms with Crippen molar-refractivity contribution in [3.8, 4) is 0 Å². The highest BCUT2D eigenvalue weighted by Gasteiger charge is 2.32. The minimum atomic E-state index is -0.103. The fourth-order valence-corrected chi connectivity index (χ4v) is 2.21. The lowest BCUT2D eigenvalue weighted by Crippen LogP contribution is -2.53. The summed E-state index contributed by atoms with van der Waals surface area (Å²) < 4.78 is 10.6. The highest BCUT2D eigenvalue weighted by Crippen LogP contribution is 2.17. The molecule has 2 atom stereocenters. The van der Waals surface area contributed by atoms with Gasteiger partial charge >= 0.3 is 5.97 Å². The lowest BCUT2D eigenvalue weighted by Gasteiger charge is -2.39. The van der Waals surface area contributed by atoms with Gasteiger partial charge in [0.2, 0.25) is 0 Å². The minimum absolute atomic E-state index is 0.0923. The van der Waals surface area contributed by atoms with Crippen LogP contribution in [0.5, 0.6) is 0 Å². The fourth-order valence-electron chi connectivity index (χ4n) is 2.21. The first-order valence-electron chi connectivity index (χ1n) is 6.24. The van der Waals surface area contributed by atoms with Crippen molar-refractivity contribution in [1.29, 1.82) is 0 Å². The Morgan fingerprint density at radius 1 is 1.50 bits per heavy atom. The number of carbonyl (C=O) groups is 1. The second kappa shape index (κ2) is 6.86. The summed E-state index contributed by atoms with van der Waals surface area (Å²) in [7, 11) is 0. The Kier molecular flexibility index (Phi) is 5.77. The molecule has 0 amide bonds. The zero-order valence-electron chi connectivity index (χ0n) is 10.6. The molecule has 0 aromatic heterocycles. The Bertz CT molecular complexity index is 220. The summed E-state index contributed by atoms with van der Waals surface area (Å²) in [6.45, 7) is 8.74. The van der Waals surface area contributed by atoms with Gasteiger partial charge < -0.3 is 9.47 Å². The Balaban J connectivity index is 2.65. The second-order valence-corrected chi connectivity index (χ2v) is 4.05. The first-order chi connectivity index (χ1) is 7.74. The van der Waals surface area contributed by atoms with E-state index in [1.807, 2.05) is 13.8 Å². The van der Waals surface area contributed by atoms with Gasteiger partial charge in [-0.25, -0.2) is 0 Å². The van der Waals surface area contributed by atoms with Crippen LogP contribution in [-0.4, -0.2) is 49.3 Å². The number of ether oxygens (including phenoxy) is 2. The topological polar surface area (TPSA) is 38.8 Å². The van der Waals surface area contributed by atoms with Gasteiger partial charge in [0.15, 0.2) is 0 Å². The zero-order valence-corrected chi connectivity index (χ0v) is 10.6. The number of carbonyl (C=O) groups excluding carboxylic acids is 1. The molecule has 1 fully saturated rings. The molecule has 1 saturated heterocycles. The van der Waals surface area contributed by atoms with Crippen LogP contribution in [0.4, 0.5) is 0 Å². The predicted octanol–water partition coefficient (Wildman–Crippen LogP) is 1.44. The maximum absolute atomic E-state index is 11.8. The number of hydrogen-bond acceptors (Lipinski definition) is 4. The molecular formula is C12H23NO3. The van der Waals surface area contributed by atoms with Crippen LogP contribution in [0.2, 0.25) is 0 Å². The highest BCUT2D eigenvalue weighted by molar-refractivity contribution is 5.75. The molecule has 0 radical (unpaired) electrons. The van der Waals surface area contributed by atoms with E-state index in [1.54, 1.807) is 0 Å². The monoisotopic (exact) mass is 229 g/mol. The van der Waals surface area contributed by atoms with Gasteiger partial charge in [0.05, 0.1) is 19.8 Å². The van der Waals surface area contributed by atoms with Crippen molar-refractivity contribution >= 4 is 5.97 Å². The van der Waals surface area contributed by atoms with Crippen molar-refractivity contribution in [3.63, 3.8) is 0 Å². The van der Waals surface area contributed by atoms with E-state index in [4.69, 9.17) is 9.47 Å². The van der Waals surface area contributed by atoms with Gasteiger partial charge in [0.25, 0.3) is 0 Å². The lowest BCUT2D eigenvalue weighted by molar-refractivity contribution is -0.153. The molecule has 2 unspecified atom stereocenters. The number of nitrogens with zero attached hydrogens (tertiary/aromatic N) is 1. The van der Waals surface area contributed by atoms with Gasteiger partial charge in [-0.1, -0.05) is 13.8 Å². The van der Waals surface area contributed by atoms with Crippen molar-refractivity contribution in [1.82, 2.24) is 4.90 Å². The largest absolute Gasteiger partial charge is 0.465 e. The average Bonchev–Trinajstić information content (AvgIpc) is 2.31. The SMILES string of the molecule is CCOC(=O)C(CC)N1CCOCC1CC. The molecule has 94 valence electrons. The maximum atomic E-state index is 11.8. The third-order valence-electron chi connectivity index (χ3n) is 3.09. The normalized spacial score (nSPS) is 24.1. The number of esters is 1. The third kappa shape index (κ3) is 3.19. The molecule has 0 aromatic carbocycles. The standard InChI is InChI=1S/C12H23NO3/c1-4-10-9-15-8-7-13(10)11(5-2)12(14)16-6-3/h10-11H,4-9H2,1-3H3. The van der Waals surface area contributed by atoms with Crippen LogP contribution in [0, 0.1) is 0 Å². The highest BCUT2D eigenvalue weighted by atomic mass is 16.5. The van der Waals surface area contributed by atoms with Gasteiger partial charge in [-0.05, 0) is 19.8 Å². The first kappa shape index (κ1) is 13.5. The quantitative estimate of drug-likeness (QED) is 0.669. The molecule has 0 bridgehead atoms. The van der Waals surface area contributed by atoms with E-state index in [0.717, 1.165) is 26.0 Å². The summed E-state index contributed by atoms with van der Waals surface area (Å²) in [6.07, 6.45) is 1.81. The van der Waals surface area contributed by atoms with Gasteiger partial charge in [0.1, 0.15) is 6.04 Å². The van der Waals surface area contributed by atoms with E-state index in [2.05, 4.69) is 11.8 Å². The molecule has 0 aliphatic carbocycles. The van der Waals surface area contributed by atoms with E-state index in [0.29, 0.717) is 19.3 Å².